The maximum atomic E-state index is 13.0. The molecule has 0 atom stereocenters. The standard InChI is InChI=1S/C24H14Br2Cl2N2O4/c25-15-3-5-16(6-4-15)30-23(32)17(22(31)29-24(30)33)9-13-2-8-21(18(26)10-13)34-12-14-1-7-19(27)20(28)11-14/h1-11H,12H2,(H,29,31,33)/b17-9+. The number of amides is 4. The Kier molecular flexibility index (Phi) is 7.42. The number of carbonyl (C=O) groups excluding carboxylic acids is 3. The van der Waals surface area contributed by atoms with Crippen LogP contribution in [0.2, 0.25) is 10.0 Å². The minimum Gasteiger partial charge on any atom is -0.488 e. The molecule has 1 saturated heterocycles. The zero-order valence-electron chi connectivity index (χ0n) is 17.2. The molecule has 0 aliphatic carbocycles. The highest BCUT2D eigenvalue weighted by Gasteiger charge is 2.36. The van der Waals surface area contributed by atoms with E-state index < -0.39 is 17.8 Å². The molecule has 3 aromatic carbocycles. The van der Waals surface area contributed by atoms with Gasteiger partial charge in [-0.25, -0.2) is 9.69 Å². The zero-order valence-corrected chi connectivity index (χ0v) is 21.8. The fourth-order valence-electron chi connectivity index (χ4n) is 3.16. The van der Waals surface area contributed by atoms with E-state index in [0.717, 1.165) is 14.9 Å². The van der Waals surface area contributed by atoms with Crippen LogP contribution in [0.1, 0.15) is 11.1 Å². The number of barbiturate groups is 1. The van der Waals surface area contributed by atoms with Crippen molar-refractivity contribution in [1.29, 1.82) is 0 Å². The Morgan fingerprint density at radius 2 is 1.65 bits per heavy atom. The van der Waals surface area contributed by atoms with Crippen molar-refractivity contribution in [3.05, 3.63) is 96.4 Å². The number of urea groups is 1. The number of rotatable bonds is 5. The third-order valence-electron chi connectivity index (χ3n) is 4.83. The fraction of sp³-hybridized carbons (Fsp3) is 0.0417. The predicted molar refractivity (Wildman–Crippen MR) is 138 cm³/mol. The first kappa shape index (κ1) is 24.5. The van der Waals surface area contributed by atoms with Crippen LogP contribution in [0, 0.1) is 0 Å². The predicted octanol–water partition coefficient (Wildman–Crippen LogP) is 6.76. The number of nitrogens with zero attached hydrogens (tertiary/aromatic N) is 1. The Bertz CT molecular complexity index is 1340. The van der Waals surface area contributed by atoms with Crippen molar-refractivity contribution >= 4 is 84.7 Å². The van der Waals surface area contributed by atoms with E-state index in [-0.39, 0.29) is 12.2 Å². The number of imide groups is 2. The van der Waals surface area contributed by atoms with Gasteiger partial charge in [0.2, 0.25) is 0 Å². The molecule has 0 bridgehead atoms. The Morgan fingerprint density at radius 1 is 0.912 bits per heavy atom. The number of hydrogen-bond acceptors (Lipinski definition) is 4. The molecule has 3 aromatic rings. The number of carbonyl (C=O) groups is 3. The van der Waals surface area contributed by atoms with E-state index in [2.05, 4.69) is 37.2 Å². The van der Waals surface area contributed by atoms with Crippen molar-refractivity contribution < 1.29 is 19.1 Å². The molecule has 10 heteroatoms. The average molecular weight is 625 g/mol. The lowest BCUT2D eigenvalue weighted by Crippen LogP contribution is -2.54. The third kappa shape index (κ3) is 5.36. The first-order valence-electron chi connectivity index (χ1n) is 9.76. The molecule has 0 saturated carbocycles. The lowest BCUT2D eigenvalue weighted by Gasteiger charge is -2.26. The van der Waals surface area contributed by atoms with Crippen molar-refractivity contribution in [1.82, 2.24) is 5.32 Å². The summed E-state index contributed by atoms with van der Waals surface area (Å²) in [4.78, 5) is 38.6. The minimum atomic E-state index is -0.804. The monoisotopic (exact) mass is 622 g/mol. The van der Waals surface area contributed by atoms with Gasteiger partial charge in [0.25, 0.3) is 11.8 Å². The van der Waals surface area contributed by atoms with Gasteiger partial charge in [0.05, 0.1) is 20.2 Å². The van der Waals surface area contributed by atoms with Gasteiger partial charge >= 0.3 is 6.03 Å². The summed E-state index contributed by atoms with van der Waals surface area (Å²) in [6.07, 6.45) is 1.42. The molecular formula is C24H14Br2Cl2N2O4. The molecule has 1 heterocycles. The maximum absolute atomic E-state index is 13.0. The normalized spacial score (nSPS) is 15.0. The highest BCUT2D eigenvalue weighted by Crippen LogP contribution is 2.30. The van der Waals surface area contributed by atoms with Crippen LogP contribution in [-0.4, -0.2) is 17.8 Å². The van der Waals surface area contributed by atoms with E-state index in [1.807, 2.05) is 6.07 Å². The minimum absolute atomic E-state index is 0.168. The van der Waals surface area contributed by atoms with Crippen LogP contribution in [0.4, 0.5) is 10.5 Å². The lowest BCUT2D eigenvalue weighted by molar-refractivity contribution is -0.122. The first-order chi connectivity index (χ1) is 16.2. The summed E-state index contributed by atoms with van der Waals surface area (Å²) in [5.41, 5.74) is 1.59. The highest BCUT2D eigenvalue weighted by molar-refractivity contribution is 9.10. The van der Waals surface area contributed by atoms with Crippen LogP contribution >= 0.6 is 55.1 Å². The first-order valence-corrected chi connectivity index (χ1v) is 12.1. The summed E-state index contributed by atoms with van der Waals surface area (Å²) in [5, 5.41) is 3.11. The average Bonchev–Trinajstić information content (AvgIpc) is 2.79. The Morgan fingerprint density at radius 3 is 2.32 bits per heavy atom. The molecule has 1 fully saturated rings. The summed E-state index contributed by atoms with van der Waals surface area (Å²) in [7, 11) is 0. The van der Waals surface area contributed by atoms with Crippen molar-refractivity contribution in [3.63, 3.8) is 0 Å². The van der Waals surface area contributed by atoms with E-state index in [0.29, 0.717) is 31.5 Å². The largest absolute Gasteiger partial charge is 0.488 e. The van der Waals surface area contributed by atoms with Gasteiger partial charge in [0.15, 0.2) is 0 Å². The van der Waals surface area contributed by atoms with Crippen LogP contribution in [0.5, 0.6) is 5.75 Å². The molecule has 172 valence electrons. The SMILES string of the molecule is O=C1NC(=O)N(c2ccc(Br)cc2)C(=O)/C1=C/c1ccc(OCc2ccc(Cl)c(Cl)c2)c(Br)c1. The fourth-order valence-corrected chi connectivity index (χ4v) is 4.26. The molecular weight excluding hydrogens is 611 g/mol. The second-order valence-electron chi connectivity index (χ2n) is 7.16. The second-order valence-corrected chi connectivity index (χ2v) is 9.75. The maximum Gasteiger partial charge on any atom is 0.335 e. The van der Waals surface area contributed by atoms with Crippen LogP contribution in [-0.2, 0) is 16.2 Å². The van der Waals surface area contributed by atoms with E-state index in [1.54, 1.807) is 54.6 Å². The van der Waals surface area contributed by atoms with E-state index >= 15 is 0 Å². The number of hydrogen-bond donors (Lipinski definition) is 1. The summed E-state index contributed by atoms with van der Waals surface area (Å²) < 4.78 is 7.24. The number of nitrogens with one attached hydrogen (secondary N) is 1. The van der Waals surface area contributed by atoms with Crippen LogP contribution in [0.15, 0.2) is 75.2 Å². The molecule has 1 N–H and O–H groups in total. The number of ether oxygens (including phenoxy) is 1. The quantitative estimate of drug-likeness (QED) is 0.251. The Hall–Kier alpha value is -2.65. The van der Waals surface area contributed by atoms with Gasteiger partial charge in [-0.2, -0.15) is 0 Å². The van der Waals surface area contributed by atoms with Gasteiger partial charge in [-0.3, -0.25) is 14.9 Å². The van der Waals surface area contributed by atoms with Crippen LogP contribution in [0.3, 0.4) is 0 Å². The molecule has 34 heavy (non-hydrogen) atoms. The van der Waals surface area contributed by atoms with E-state index in [1.165, 1.54) is 6.08 Å². The molecule has 6 nitrogen and oxygen atoms in total. The van der Waals surface area contributed by atoms with Crippen molar-refractivity contribution in [2.24, 2.45) is 0 Å². The molecule has 0 radical (unpaired) electrons. The molecule has 0 spiro atoms. The van der Waals surface area contributed by atoms with Crippen LogP contribution < -0.4 is 15.0 Å². The number of anilines is 1. The van der Waals surface area contributed by atoms with Gasteiger partial charge in [-0.05, 0) is 81.7 Å². The van der Waals surface area contributed by atoms with Gasteiger partial charge in [-0.1, -0.05) is 51.3 Å². The number of benzene rings is 3. The molecule has 4 amide bonds. The zero-order chi connectivity index (χ0) is 24.4. The van der Waals surface area contributed by atoms with Crippen LogP contribution in [0.25, 0.3) is 6.08 Å². The smallest absolute Gasteiger partial charge is 0.335 e. The van der Waals surface area contributed by atoms with Crippen molar-refractivity contribution in [2.75, 3.05) is 4.90 Å². The van der Waals surface area contributed by atoms with E-state index in [4.69, 9.17) is 27.9 Å². The molecule has 4 rings (SSSR count). The van der Waals surface area contributed by atoms with Gasteiger partial charge in [0, 0.05) is 4.47 Å². The molecule has 1 aliphatic rings. The topological polar surface area (TPSA) is 75.7 Å². The summed E-state index contributed by atoms with van der Waals surface area (Å²) in [6, 6.07) is 16.1. The molecule has 0 aromatic heterocycles. The third-order valence-corrected chi connectivity index (χ3v) is 6.72. The highest BCUT2D eigenvalue weighted by atomic mass is 79.9. The second kappa shape index (κ2) is 10.3. The Balaban J connectivity index is 1.55. The van der Waals surface area contributed by atoms with Crippen molar-refractivity contribution in [2.45, 2.75) is 6.61 Å². The lowest BCUT2D eigenvalue weighted by atomic mass is 10.1. The molecule has 0 unspecified atom stereocenters. The van der Waals surface area contributed by atoms with Gasteiger partial charge in [0.1, 0.15) is 17.9 Å². The number of halogens is 4. The van der Waals surface area contributed by atoms with Crippen molar-refractivity contribution in [3.8, 4) is 5.75 Å². The van der Waals surface area contributed by atoms with Gasteiger partial charge in [-0.15, -0.1) is 0 Å². The van der Waals surface area contributed by atoms with Gasteiger partial charge < -0.3 is 4.74 Å². The summed E-state index contributed by atoms with van der Waals surface area (Å²) in [5.74, 6) is -0.925. The Labute approximate surface area is 221 Å². The molecule has 1 aliphatic heterocycles. The summed E-state index contributed by atoms with van der Waals surface area (Å²) >= 11 is 18.7. The van der Waals surface area contributed by atoms with E-state index in [9.17, 15) is 14.4 Å². The summed E-state index contributed by atoms with van der Waals surface area (Å²) in [6.45, 7) is 0.265.